The molecule has 0 saturated carbocycles. The molecule has 6 nitrogen and oxygen atoms in total. The molecule has 0 unspecified atom stereocenters. The maximum Gasteiger partial charge on any atom is 0.291 e. The van der Waals surface area contributed by atoms with Crippen molar-refractivity contribution in [1.82, 2.24) is 14.3 Å². The van der Waals surface area contributed by atoms with Gasteiger partial charge in [0.15, 0.2) is 5.78 Å². The van der Waals surface area contributed by atoms with Crippen LogP contribution in [0, 0.1) is 0 Å². The van der Waals surface area contributed by atoms with Gasteiger partial charge in [-0.1, -0.05) is 24.3 Å². The van der Waals surface area contributed by atoms with Crippen molar-refractivity contribution in [2.45, 2.75) is 13.5 Å². The lowest BCUT2D eigenvalue weighted by Crippen LogP contribution is -2.24. The van der Waals surface area contributed by atoms with Crippen molar-refractivity contribution in [3.63, 3.8) is 0 Å². The van der Waals surface area contributed by atoms with E-state index in [-0.39, 0.29) is 11.3 Å². The third-order valence-corrected chi connectivity index (χ3v) is 4.88. The highest BCUT2D eigenvalue weighted by Gasteiger charge is 2.15. The van der Waals surface area contributed by atoms with Crippen LogP contribution >= 0.6 is 0 Å². The van der Waals surface area contributed by atoms with Crippen molar-refractivity contribution < 1.29 is 9.53 Å². The summed E-state index contributed by atoms with van der Waals surface area (Å²) < 4.78 is 8.53. The molecule has 0 saturated heterocycles. The molecule has 6 heteroatoms. The van der Waals surface area contributed by atoms with Gasteiger partial charge in [-0.3, -0.25) is 9.59 Å². The number of carbonyl (C=O) groups excluding carboxylic acids is 1. The highest BCUT2D eigenvalue weighted by molar-refractivity contribution is 6.09. The summed E-state index contributed by atoms with van der Waals surface area (Å²) >= 11 is 0. The number of hydrogen-bond acceptors (Lipinski definition) is 4. The summed E-state index contributed by atoms with van der Waals surface area (Å²) in [5.41, 5.74) is 2.80. The zero-order chi connectivity index (χ0) is 19.1. The Morgan fingerprint density at radius 1 is 1.15 bits per heavy atom. The van der Waals surface area contributed by atoms with Crippen molar-refractivity contribution >= 4 is 27.6 Å². The second-order valence-corrected chi connectivity index (χ2v) is 6.57. The van der Waals surface area contributed by atoms with E-state index in [9.17, 15) is 9.59 Å². The Bertz CT molecular complexity index is 1250. The molecule has 2 aromatic carbocycles. The predicted molar refractivity (Wildman–Crippen MR) is 105 cm³/mol. The van der Waals surface area contributed by atoms with E-state index in [0.717, 1.165) is 27.6 Å². The van der Waals surface area contributed by atoms with Crippen LogP contribution in [-0.2, 0) is 13.6 Å². The van der Waals surface area contributed by atoms with Crippen LogP contribution in [0.25, 0.3) is 21.8 Å². The third kappa shape index (κ3) is 2.79. The Balaban J connectivity index is 1.88. The third-order valence-electron chi connectivity index (χ3n) is 4.88. The largest absolute Gasteiger partial charge is 0.497 e. The Labute approximate surface area is 155 Å². The van der Waals surface area contributed by atoms with E-state index in [1.54, 1.807) is 19.4 Å². The SMILES string of the molecule is COc1cccc(Cn2ncc3c4ccc(C(C)=O)cc4n(C)c3c2=O)c1. The molecule has 2 heterocycles. The first-order valence-electron chi connectivity index (χ1n) is 8.61. The fraction of sp³-hybridized carbons (Fsp3) is 0.190. The van der Waals surface area contributed by atoms with Gasteiger partial charge in [-0.05, 0) is 30.7 Å². The van der Waals surface area contributed by atoms with Gasteiger partial charge >= 0.3 is 0 Å². The van der Waals surface area contributed by atoms with E-state index in [0.29, 0.717) is 17.6 Å². The van der Waals surface area contributed by atoms with Gasteiger partial charge in [-0.15, -0.1) is 0 Å². The zero-order valence-electron chi connectivity index (χ0n) is 15.4. The number of carbonyl (C=O) groups is 1. The summed E-state index contributed by atoms with van der Waals surface area (Å²) in [6.45, 7) is 1.89. The van der Waals surface area contributed by atoms with Crippen molar-refractivity contribution in [1.29, 1.82) is 0 Å². The van der Waals surface area contributed by atoms with Crippen LogP contribution in [0.1, 0.15) is 22.8 Å². The number of fused-ring (bicyclic) bond motifs is 3. The number of ketones is 1. The number of nitrogens with zero attached hydrogens (tertiary/aromatic N) is 3. The maximum absolute atomic E-state index is 13.1. The van der Waals surface area contributed by atoms with Gasteiger partial charge in [0.25, 0.3) is 5.56 Å². The number of aromatic nitrogens is 3. The minimum atomic E-state index is -0.168. The smallest absolute Gasteiger partial charge is 0.291 e. The second kappa shape index (κ2) is 6.39. The molecule has 0 spiro atoms. The first-order chi connectivity index (χ1) is 13.0. The first-order valence-corrected chi connectivity index (χ1v) is 8.61. The van der Waals surface area contributed by atoms with Gasteiger partial charge in [0.2, 0.25) is 0 Å². The average molecular weight is 361 g/mol. The summed E-state index contributed by atoms with van der Waals surface area (Å²) in [5, 5.41) is 6.06. The van der Waals surface area contributed by atoms with Crippen molar-refractivity contribution in [3.05, 3.63) is 70.1 Å². The monoisotopic (exact) mass is 361 g/mol. The highest BCUT2D eigenvalue weighted by atomic mass is 16.5. The lowest BCUT2D eigenvalue weighted by Gasteiger charge is -2.07. The highest BCUT2D eigenvalue weighted by Crippen LogP contribution is 2.26. The first kappa shape index (κ1) is 17.0. The van der Waals surface area contributed by atoms with Crippen molar-refractivity contribution in [2.75, 3.05) is 7.11 Å². The predicted octanol–water partition coefficient (Wildman–Crippen LogP) is 3.15. The van der Waals surface area contributed by atoms with E-state index < -0.39 is 0 Å². The molecule has 2 aromatic heterocycles. The molecule has 0 aliphatic heterocycles. The summed E-state index contributed by atoms with van der Waals surface area (Å²) in [5.74, 6) is 0.735. The van der Waals surface area contributed by atoms with Gasteiger partial charge in [0.1, 0.15) is 11.3 Å². The lowest BCUT2D eigenvalue weighted by molar-refractivity contribution is 0.101. The number of rotatable bonds is 4. The van der Waals surface area contributed by atoms with Crippen molar-refractivity contribution in [3.8, 4) is 5.75 Å². The molecular formula is C21H19N3O3. The number of Topliss-reactive ketones (excluding diaryl/α,β-unsaturated/α-hetero) is 1. The molecule has 0 bridgehead atoms. The Hall–Kier alpha value is -3.41. The zero-order valence-corrected chi connectivity index (χ0v) is 15.4. The second-order valence-electron chi connectivity index (χ2n) is 6.57. The Kier molecular flexibility index (Phi) is 4.03. The van der Waals surface area contributed by atoms with Crippen molar-refractivity contribution in [2.24, 2.45) is 7.05 Å². The Morgan fingerprint density at radius 2 is 1.96 bits per heavy atom. The molecule has 4 aromatic rings. The Morgan fingerprint density at radius 3 is 2.70 bits per heavy atom. The van der Waals surface area contributed by atoms with Crippen LogP contribution in [0.5, 0.6) is 5.75 Å². The lowest BCUT2D eigenvalue weighted by atomic mass is 10.1. The molecule has 0 atom stereocenters. The van der Waals surface area contributed by atoms with E-state index in [1.165, 1.54) is 11.6 Å². The number of ether oxygens (including phenoxy) is 1. The summed E-state index contributed by atoms with van der Waals surface area (Å²) in [4.78, 5) is 24.8. The van der Waals surface area contributed by atoms with E-state index in [4.69, 9.17) is 4.74 Å². The summed E-state index contributed by atoms with van der Waals surface area (Å²) in [6, 6.07) is 13.1. The molecule has 0 fully saturated rings. The summed E-state index contributed by atoms with van der Waals surface area (Å²) in [6.07, 6.45) is 1.71. The fourth-order valence-corrected chi connectivity index (χ4v) is 3.43. The van der Waals surface area contributed by atoms with Crippen LogP contribution in [0.2, 0.25) is 0 Å². The number of benzene rings is 2. The van der Waals surface area contributed by atoms with Gasteiger partial charge in [0, 0.05) is 28.9 Å². The molecule has 0 aliphatic rings. The number of aryl methyl sites for hydroxylation is 1. The molecule has 0 amide bonds. The topological polar surface area (TPSA) is 66.1 Å². The fourth-order valence-electron chi connectivity index (χ4n) is 3.43. The molecule has 27 heavy (non-hydrogen) atoms. The van der Waals surface area contributed by atoms with Crippen LogP contribution in [0.15, 0.2) is 53.5 Å². The van der Waals surface area contributed by atoms with Gasteiger partial charge < -0.3 is 9.30 Å². The molecule has 0 N–H and O–H groups in total. The van der Waals surface area contributed by atoms with Gasteiger partial charge in [0.05, 0.1) is 19.9 Å². The van der Waals surface area contributed by atoms with Gasteiger partial charge in [-0.25, -0.2) is 4.68 Å². The quantitative estimate of drug-likeness (QED) is 0.524. The van der Waals surface area contributed by atoms with E-state index in [1.807, 2.05) is 48.0 Å². The van der Waals surface area contributed by atoms with Gasteiger partial charge in [-0.2, -0.15) is 5.10 Å². The van der Waals surface area contributed by atoms with Crippen LogP contribution in [0.3, 0.4) is 0 Å². The molecule has 0 aliphatic carbocycles. The molecule has 136 valence electrons. The number of hydrogen-bond donors (Lipinski definition) is 0. The minimum absolute atomic E-state index is 0.00397. The molecule has 4 rings (SSSR count). The van der Waals surface area contributed by atoms with Crippen LogP contribution in [-0.4, -0.2) is 27.2 Å². The maximum atomic E-state index is 13.1. The minimum Gasteiger partial charge on any atom is -0.497 e. The molecular weight excluding hydrogens is 342 g/mol. The standard InChI is InChI=1S/C21H19N3O3/c1-13(25)15-7-8-17-18-11-22-24(12-14-5-4-6-16(9-14)27-3)21(26)20(18)23(2)19(17)10-15/h4-11H,12H2,1-3H3. The van der Waals surface area contributed by atoms with Crippen LogP contribution in [0.4, 0.5) is 0 Å². The molecule has 0 radical (unpaired) electrons. The normalized spacial score (nSPS) is 11.2. The van der Waals surface area contributed by atoms with E-state index >= 15 is 0 Å². The summed E-state index contributed by atoms with van der Waals surface area (Å²) in [7, 11) is 3.45. The van der Waals surface area contributed by atoms with E-state index in [2.05, 4.69) is 5.10 Å². The average Bonchev–Trinajstić information content (AvgIpc) is 2.96. The number of methoxy groups -OCH3 is 1. The van der Waals surface area contributed by atoms with Crippen LogP contribution < -0.4 is 10.3 Å².